The summed E-state index contributed by atoms with van der Waals surface area (Å²) in [5.74, 6) is -1.16. The van der Waals surface area contributed by atoms with E-state index < -0.39 is 23.8 Å². The molecule has 0 spiro atoms. The molecule has 0 heterocycles. The Morgan fingerprint density at radius 1 is 1.08 bits per heavy atom. The summed E-state index contributed by atoms with van der Waals surface area (Å²) in [4.78, 5) is 24.1. The van der Waals surface area contributed by atoms with Crippen LogP contribution in [0.15, 0.2) is 36.4 Å². The maximum Gasteiger partial charge on any atom is 0.344 e. The predicted octanol–water partition coefficient (Wildman–Crippen LogP) is 3.70. The van der Waals surface area contributed by atoms with Gasteiger partial charge in [0.05, 0.1) is 0 Å². The number of esters is 1. The molecule has 2 aromatic carbocycles. The van der Waals surface area contributed by atoms with Gasteiger partial charge in [-0.2, -0.15) is 0 Å². The fraction of sp³-hybridized carbons (Fsp3) is 0.300. The third-order valence-electron chi connectivity index (χ3n) is 3.77. The average molecular weight is 359 g/mol. The van der Waals surface area contributed by atoms with Crippen molar-refractivity contribution in [3.63, 3.8) is 0 Å². The van der Waals surface area contributed by atoms with Crippen molar-refractivity contribution >= 4 is 17.6 Å². The molecule has 1 atom stereocenters. The van der Waals surface area contributed by atoms with Crippen molar-refractivity contribution in [2.45, 2.75) is 33.8 Å². The first kappa shape index (κ1) is 19.4. The van der Waals surface area contributed by atoms with E-state index in [0.29, 0.717) is 11.4 Å². The number of benzene rings is 2. The van der Waals surface area contributed by atoms with E-state index in [9.17, 15) is 14.0 Å². The van der Waals surface area contributed by atoms with Crippen LogP contribution in [-0.4, -0.2) is 24.6 Å². The number of aryl methyl sites for hydroxylation is 3. The largest absolute Gasteiger partial charge is 0.482 e. The SMILES string of the molecule is Cc1cc(C)c(NC(=O)[C@@H](C)OC(=O)COc2ccc(F)cc2)c(C)c1. The molecule has 0 aromatic heterocycles. The van der Waals surface area contributed by atoms with Crippen LogP contribution in [0.3, 0.4) is 0 Å². The molecule has 5 nitrogen and oxygen atoms in total. The number of carbonyl (C=O) groups excluding carboxylic acids is 2. The van der Waals surface area contributed by atoms with Crippen LogP contribution in [0.5, 0.6) is 5.75 Å². The van der Waals surface area contributed by atoms with E-state index >= 15 is 0 Å². The molecule has 1 N–H and O–H groups in total. The molecule has 0 bridgehead atoms. The van der Waals surface area contributed by atoms with Gasteiger partial charge in [0, 0.05) is 5.69 Å². The van der Waals surface area contributed by atoms with E-state index in [-0.39, 0.29) is 6.61 Å². The molecule has 1 amide bonds. The third kappa shape index (κ3) is 5.31. The van der Waals surface area contributed by atoms with Gasteiger partial charge in [0.15, 0.2) is 12.7 Å². The molecule has 0 aliphatic rings. The van der Waals surface area contributed by atoms with Crippen molar-refractivity contribution in [3.05, 3.63) is 58.9 Å². The quantitative estimate of drug-likeness (QED) is 0.799. The summed E-state index contributed by atoms with van der Waals surface area (Å²) in [5, 5.41) is 2.79. The number of carbonyl (C=O) groups is 2. The summed E-state index contributed by atoms with van der Waals surface area (Å²) in [6.45, 7) is 6.92. The van der Waals surface area contributed by atoms with Crippen LogP contribution in [0.1, 0.15) is 23.6 Å². The standard InChI is InChI=1S/C20H22FNO4/c1-12-9-13(2)19(14(3)10-12)22-20(24)15(4)26-18(23)11-25-17-7-5-16(21)6-8-17/h5-10,15H,11H2,1-4H3,(H,22,24)/t15-/m1/s1. The van der Waals surface area contributed by atoms with Crippen LogP contribution in [-0.2, 0) is 14.3 Å². The molecule has 138 valence electrons. The molecule has 0 saturated heterocycles. The lowest BCUT2D eigenvalue weighted by molar-refractivity contribution is -0.155. The molecule has 0 radical (unpaired) electrons. The molecule has 26 heavy (non-hydrogen) atoms. The number of hydrogen-bond donors (Lipinski definition) is 1. The van der Waals surface area contributed by atoms with Gasteiger partial charge in [-0.3, -0.25) is 4.79 Å². The number of amides is 1. The molecule has 2 aromatic rings. The van der Waals surface area contributed by atoms with E-state index in [1.54, 1.807) is 0 Å². The fourth-order valence-electron chi connectivity index (χ4n) is 2.56. The van der Waals surface area contributed by atoms with E-state index in [1.165, 1.54) is 31.2 Å². The van der Waals surface area contributed by atoms with Gasteiger partial charge in [-0.25, -0.2) is 9.18 Å². The normalized spacial score (nSPS) is 11.6. The van der Waals surface area contributed by atoms with Crippen LogP contribution in [0.25, 0.3) is 0 Å². The molecular formula is C20H22FNO4. The van der Waals surface area contributed by atoms with Gasteiger partial charge in [-0.05, 0) is 63.1 Å². The van der Waals surface area contributed by atoms with Crippen molar-refractivity contribution in [2.24, 2.45) is 0 Å². The maximum absolute atomic E-state index is 12.8. The smallest absolute Gasteiger partial charge is 0.344 e. The fourth-order valence-corrected chi connectivity index (χ4v) is 2.56. The Morgan fingerprint density at radius 2 is 1.65 bits per heavy atom. The van der Waals surface area contributed by atoms with Gasteiger partial charge in [-0.15, -0.1) is 0 Å². The number of rotatable bonds is 6. The maximum atomic E-state index is 12.8. The zero-order valence-electron chi connectivity index (χ0n) is 15.3. The van der Waals surface area contributed by atoms with E-state index in [0.717, 1.165) is 16.7 Å². The Hall–Kier alpha value is -2.89. The summed E-state index contributed by atoms with van der Waals surface area (Å²) in [6.07, 6.45) is -0.973. The lowest BCUT2D eigenvalue weighted by Crippen LogP contribution is -2.32. The van der Waals surface area contributed by atoms with Crippen molar-refractivity contribution in [3.8, 4) is 5.75 Å². The highest BCUT2D eigenvalue weighted by Gasteiger charge is 2.19. The highest BCUT2D eigenvalue weighted by molar-refractivity contribution is 5.96. The molecule has 0 aliphatic heterocycles. The molecular weight excluding hydrogens is 337 g/mol. The molecule has 0 saturated carbocycles. The van der Waals surface area contributed by atoms with E-state index in [2.05, 4.69) is 5.32 Å². The second kappa shape index (κ2) is 8.47. The highest BCUT2D eigenvalue weighted by atomic mass is 19.1. The Kier molecular flexibility index (Phi) is 6.33. The lowest BCUT2D eigenvalue weighted by atomic mass is 10.0. The average Bonchev–Trinajstić information content (AvgIpc) is 2.57. The van der Waals surface area contributed by atoms with Crippen LogP contribution < -0.4 is 10.1 Å². The molecule has 0 aliphatic carbocycles. The molecule has 0 unspecified atom stereocenters. The van der Waals surface area contributed by atoms with E-state index in [4.69, 9.17) is 9.47 Å². The van der Waals surface area contributed by atoms with Crippen molar-refractivity contribution in [1.82, 2.24) is 0 Å². The minimum Gasteiger partial charge on any atom is -0.482 e. The van der Waals surface area contributed by atoms with E-state index in [1.807, 2.05) is 32.9 Å². The number of halogens is 1. The summed E-state index contributed by atoms with van der Waals surface area (Å²) < 4.78 is 23.1. The highest BCUT2D eigenvalue weighted by Crippen LogP contribution is 2.22. The minimum absolute atomic E-state index is 0.339. The number of ether oxygens (including phenoxy) is 2. The van der Waals surface area contributed by atoms with Crippen LogP contribution >= 0.6 is 0 Å². The van der Waals surface area contributed by atoms with Crippen molar-refractivity contribution in [1.29, 1.82) is 0 Å². The number of hydrogen-bond acceptors (Lipinski definition) is 4. The second-order valence-corrected chi connectivity index (χ2v) is 6.14. The second-order valence-electron chi connectivity index (χ2n) is 6.14. The molecule has 2 rings (SSSR count). The van der Waals surface area contributed by atoms with Crippen molar-refractivity contribution in [2.75, 3.05) is 11.9 Å². The first-order valence-corrected chi connectivity index (χ1v) is 8.23. The zero-order chi connectivity index (χ0) is 19.3. The first-order chi connectivity index (χ1) is 12.3. The van der Waals surface area contributed by atoms with Gasteiger partial charge in [0.1, 0.15) is 11.6 Å². The summed E-state index contributed by atoms with van der Waals surface area (Å²) in [6, 6.07) is 9.20. The van der Waals surface area contributed by atoms with Crippen LogP contribution in [0.2, 0.25) is 0 Å². The van der Waals surface area contributed by atoms with Gasteiger partial charge in [-0.1, -0.05) is 17.7 Å². The number of anilines is 1. The Labute approximate surface area is 152 Å². The molecule has 0 fully saturated rings. The molecule has 6 heteroatoms. The van der Waals surface area contributed by atoms with Gasteiger partial charge >= 0.3 is 5.97 Å². The van der Waals surface area contributed by atoms with Gasteiger partial charge in [0.25, 0.3) is 5.91 Å². The van der Waals surface area contributed by atoms with Gasteiger partial charge in [0.2, 0.25) is 0 Å². The Morgan fingerprint density at radius 3 is 2.23 bits per heavy atom. The summed E-state index contributed by atoms with van der Waals surface area (Å²) in [5.41, 5.74) is 3.70. The van der Waals surface area contributed by atoms with Crippen LogP contribution in [0, 0.1) is 26.6 Å². The van der Waals surface area contributed by atoms with Gasteiger partial charge < -0.3 is 14.8 Å². The third-order valence-corrected chi connectivity index (χ3v) is 3.77. The monoisotopic (exact) mass is 359 g/mol. The summed E-state index contributed by atoms with van der Waals surface area (Å²) >= 11 is 0. The topological polar surface area (TPSA) is 64.6 Å². The first-order valence-electron chi connectivity index (χ1n) is 8.23. The Bertz CT molecular complexity index is 779. The zero-order valence-corrected chi connectivity index (χ0v) is 15.3. The lowest BCUT2D eigenvalue weighted by Gasteiger charge is -2.17. The predicted molar refractivity (Wildman–Crippen MR) is 96.7 cm³/mol. The van der Waals surface area contributed by atoms with Crippen LogP contribution in [0.4, 0.5) is 10.1 Å². The van der Waals surface area contributed by atoms with Crippen molar-refractivity contribution < 1.29 is 23.5 Å². The Balaban J connectivity index is 1.88. The number of nitrogens with one attached hydrogen (secondary N) is 1. The minimum atomic E-state index is -0.973. The summed E-state index contributed by atoms with van der Waals surface area (Å²) in [7, 11) is 0.